The zero-order chi connectivity index (χ0) is 15.0. The number of benzene rings is 1. The van der Waals surface area contributed by atoms with E-state index in [2.05, 4.69) is 11.4 Å². The van der Waals surface area contributed by atoms with Crippen LogP contribution in [0.25, 0.3) is 0 Å². The highest BCUT2D eigenvalue weighted by atomic mass is 35.5. The van der Waals surface area contributed by atoms with Gasteiger partial charge in [-0.05, 0) is 55.8 Å². The monoisotopic (exact) mass is 336 g/mol. The molecule has 4 rings (SSSR count). The van der Waals surface area contributed by atoms with E-state index in [1.54, 1.807) is 0 Å². The molecule has 0 aliphatic carbocycles. The maximum Gasteiger partial charge on any atom is 0.263 e. The number of hydrogen-bond acceptors (Lipinski definition) is 3. The molecule has 3 aliphatic heterocycles. The second kappa shape index (κ2) is 6.70. The summed E-state index contributed by atoms with van der Waals surface area (Å²) in [5, 5.41) is 3.44. The van der Waals surface area contributed by atoms with E-state index in [-0.39, 0.29) is 24.4 Å². The molecule has 1 spiro atoms. The number of nitrogens with zero attached hydrogens (tertiary/aromatic N) is 1. The van der Waals surface area contributed by atoms with Crippen LogP contribution < -0.4 is 10.1 Å². The highest BCUT2D eigenvalue weighted by molar-refractivity contribution is 5.85. The van der Waals surface area contributed by atoms with E-state index in [9.17, 15) is 4.79 Å². The van der Waals surface area contributed by atoms with Crippen molar-refractivity contribution >= 4 is 18.3 Å². The quantitative estimate of drug-likeness (QED) is 0.856. The Morgan fingerprint density at radius 3 is 2.52 bits per heavy atom. The largest absolute Gasteiger partial charge is 0.480 e. The van der Waals surface area contributed by atoms with E-state index < -0.39 is 0 Å². The summed E-state index contributed by atoms with van der Waals surface area (Å²) in [5.74, 6) is 1.06. The molecule has 1 unspecified atom stereocenters. The minimum Gasteiger partial charge on any atom is -0.480 e. The standard InChI is InChI=1S/C18H24N2O2.ClH/c21-17(16-13-14-3-1-2-4-15(14)22-16)20-11-7-18(8-12-20)5-9-19-10-6-18;/h1-4,16,19H,5-13H2;1H. The van der Waals surface area contributed by atoms with Gasteiger partial charge in [-0.3, -0.25) is 4.79 Å². The van der Waals surface area contributed by atoms with Crippen molar-refractivity contribution in [2.24, 2.45) is 5.41 Å². The lowest BCUT2D eigenvalue weighted by Crippen LogP contribution is -2.50. The van der Waals surface area contributed by atoms with Gasteiger partial charge in [-0.1, -0.05) is 18.2 Å². The molecule has 4 nitrogen and oxygen atoms in total. The average Bonchev–Trinajstić information content (AvgIpc) is 3.00. The van der Waals surface area contributed by atoms with Crippen molar-refractivity contribution in [2.75, 3.05) is 26.2 Å². The van der Waals surface area contributed by atoms with Crippen molar-refractivity contribution in [3.8, 4) is 5.75 Å². The predicted octanol–water partition coefficient (Wildman–Crippen LogP) is 2.40. The molecule has 2 fully saturated rings. The van der Waals surface area contributed by atoms with Gasteiger partial charge in [-0.2, -0.15) is 0 Å². The molecule has 0 radical (unpaired) electrons. The molecule has 3 heterocycles. The Hall–Kier alpha value is -1.26. The fourth-order valence-corrected chi connectivity index (χ4v) is 4.18. The summed E-state index contributed by atoms with van der Waals surface area (Å²) in [4.78, 5) is 14.8. The lowest BCUT2D eigenvalue weighted by Gasteiger charge is -2.44. The number of hydrogen-bond donors (Lipinski definition) is 1. The van der Waals surface area contributed by atoms with E-state index in [0.29, 0.717) is 5.41 Å². The third-order valence-corrected chi connectivity index (χ3v) is 5.72. The molecule has 2 saturated heterocycles. The second-order valence-electron chi connectivity index (χ2n) is 6.99. The molecule has 1 aromatic rings. The molecule has 23 heavy (non-hydrogen) atoms. The molecule has 5 heteroatoms. The number of piperidine rings is 2. The average molecular weight is 337 g/mol. The molecule has 1 amide bonds. The first kappa shape index (κ1) is 16.6. The van der Waals surface area contributed by atoms with E-state index in [1.807, 2.05) is 23.1 Å². The van der Waals surface area contributed by atoms with Crippen molar-refractivity contribution in [1.29, 1.82) is 0 Å². The Morgan fingerprint density at radius 2 is 1.83 bits per heavy atom. The van der Waals surface area contributed by atoms with Crippen LogP contribution >= 0.6 is 12.4 Å². The number of fused-ring (bicyclic) bond motifs is 1. The minimum atomic E-state index is -0.306. The Labute approximate surface area is 144 Å². The lowest BCUT2D eigenvalue weighted by molar-refractivity contribution is -0.140. The summed E-state index contributed by atoms with van der Waals surface area (Å²) in [6.45, 7) is 4.06. The van der Waals surface area contributed by atoms with Crippen LogP contribution in [0.5, 0.6) is 5.75 Å². The number of carbonyl (C=O) groups is 1. The van der Waals surface area contributed by atoms with Crippen molar-refractivity contribution in [1.82, 2.24) is 10.2 Å². The van der Waals surface area contributed by atoms with Crippen molar-refractivity contribution in [3.05, 3.63) is 29.8 Å². The summed E-state index contributed by atoms with van der Waals surface area (Å²) in [5.41, 5.74) is 1.65. The number of halogens is 1. The van der Waals surface area contributed by atoms with E-state index in [0.717, 1.165) is 56.8 Å². The first-order valence-corrected chi connectivity index (χ1v) is 8.50. The third kappa shape index (κ3) is 3.20. The molecule has 1 atom stereocenters. The van der Waals surface area contributed by atoms with Crippen LogP contribution in [0, 0.1) is 5.41 Å². The Balaban J connectivity index is 0.00000156. The Bertz CT molecular complexity index is 537. The molecule has 0 bridgehead atoms. The molecule has 126 valence electrons. The van der Waals surface area contributed by atoms with Crippen LogP contribution in [0.2, 0.25) is 0 Å². The predicted molar refractivity (Wildman–Crippen MR) is 92.2 cm³/mol. The molecular weight excluding hydrogens is 312 g/mol. The van der Waals surface area contributed by atoms with E-state index in [1.165, 1.54) is 12.8 Å². The topological polar surface area (TPSA) is 41.6 Å². The highest BCUT2D eigenvalue weighted by Crippen LogP contribution is 2.40. The smallest absolute Gasteiger partial charge is 0.263 e. The van der Waals surface area contributed by atoms with E-state index >= 15 is 0 Å². The minimum absolute atomic E-state index is 0. The van der Waals surface area contributed by atoms with Gasteiger partial charge in [0.05, 0.1) is 0 Å². The maximum atomic E-state index is 12.7. The van der Waals surface area contributed by atoms with Crippen LogP contribution in [-0.2, 0) is 11.2 Å². The van der Waals surface area contributed by atoms with Gasteiger partial charge >= 0.3 is 0 Å². The van der Waals surface area contributed by atoms with Gasteiger partial charge < -0.3 is 15.0 Å². The molecule has 0 aromatic heterocycles. The van der Waals surface area contributed by atoms with Crippen LogP contribution in [0.15, 0.2) is 24.3 Å². The normalized spacial score (nSPS) is 25.4. The number of likely N-dealkylation sites (tertiary alicyclic amines) is 1. The second-order valence-corrected chi connectivity index (χ2v) is 6.99. The highest BCUT2D eigenvalue weighted by Gasteiger charge is 2.39. The molecule has 1 aromatic carbocycles. The number of rotatable bonds is 1. The van der Waals surface area contributed by atoms with Gasteiger partial charge in [0, 0.05) is 19.5 Å². The number of carbonyl (C=O) groups excluding carboxylic acids is 1. The van der Waals surface area contributed by atoms with Gasteiger partial charge in [0.2, 0.25) is 0 Å². The lowest BCUT2D eigenvalue weighted by atomic mass is 9.71. The fraction of sp³-hybridized carbons (Fsp3) is 0.611. The van der Waals surface area contributed by atoms with Gasteiger partial charge in [0.15, 0.2) is 6.10 Å². The Kier molecular flexibility index (Phi) is 4.83. The van der Waals surface area contributed by atoms with Crippen molar-refractivity contribution in [2.45, 2.75) is 38.2 Å². The zero-order valence-electron chi connectivity index (χ0n) is 13.4. The Morgan fingerprint density at radius 1 is 1.13 bits per heavy atom. The molecular formula is C18H25ClN2O2. The fourth-order valence-electron chi connectivity index (χ4n) is 4.18. The van der Waals surface area contributed by atoms with Crippen molar-refractivity contribution < 1.29 is 9.53 Å². The summed E-state index contributed by atoms with van der Waals surface area (Å²) >= 11 is 0. The zero-order valence-corrected chi connectivity index (χ0v) is 14.2. The van der Waals surface area contributed by atoms with Gasteiger partial charge in [0.25, 0.3) is 5.91 Å². The summed E-state index contributed by atoms with van der Waals surface area (Å²) in [6, 6.07) is 8.00. The number of para-hydroxylation sites is 1. The first-order valence-electron chi connectivity index (χ1n) is 8.50. The van der Waals surface area contributed by atoms with Crippen LogP contribution in [0.1, 0.15) is 31.2 Å². The number of amides is 1. The third-order valence-electron chi connectivity index (χ3n) is 5.72. The van der Waals surface area contributed by atoms with Crippen LogP contribution in [-0.4, -0.2) is 43.1 Å². The van der Waals surface area contributed by atoms with E-state index in [4.69, 9.17) is 4.74 Å². The summed E-state index contributed by atoms with van der Waals surface area (Å²) < 4.78 is 5.86. The van der Waals surface area contributed by atoms with Gasteiger partial charge in [0.1, 0.15) is 5.75 Å². The van der Waals surface area contributed by atoms with Crippen LogP contribution in [0.4, 0.5) is 0 Å². The van der Waals surface area contributed by atoms with Gasteiger partial charge in [-0.15, -0.1) is 12.4 Å². The molecule has 0 saturated carbocycles. The molecule has 3 aliphatic rings. The maximum absolute atomic E-state index is 12.7. The van der Waals surface area contributed by atoms with Crippen molar-refractivity contribution in [3.63, 3.8) is 0 Å². The van der Waals surface area contributed by atoms with Crippen LogP contribution in [0.3, 0.4) is 0 Å². The van der Waals surface area contributed by atoms with Gasteiger partial charge in [-0.25, -0.2) is 0 Å². The first-order chi connectivity index (χ1) is 10.8. The SMILES string of the molecule is Cl.O=C(C1Cc2ccccc2O1)N1CCC2(CCNCC2)CC1. The summed E-state index contributed by atoms with van der Waals surface area (Å²) in [6.07, 6.45) is 5.25. The summed E-state index contributed by atoms with van der Waals surface area (Å²) in [7, 11) is 0. The number of ether oxygens (including phenoxy) is 1. The number of nitrogens with one attached hydrogen (secondary N) is 1. The molecule has 1 N–H and O–H groups in total.